The van der Waals surface area contributed by atoms with Gasteiger partial charge in [0.2, 0.25) is 0 Å². The summed E-state index contributed by atoms with van der Waals surface area (Å²) in [6, 6.07) is 10.9. The summed E-state index contributed by atoms with van der Waals surface area (Å²) in [5.41, 5.74) is 0.730. The van der Waals surface area contributed by atoms with Gasteiger partial charge in [0.25, 0.3) is 5.91 Å². The molecule has 3 N–H and O–H groups in total. The van der Waals surface area contributed by atoms with Gasteiger partial charge in [-0.05, 0) is 49.1 Å². The number of methoxy groups -OCH3 is 1. The second-order valence-corrected chi connectivity index (χ2v) is 8.49. The third-order valence-electron chi connectivity index (χ3n) is 5.34. The number of ether oxygens (including phenoxy) is 1. The van der Waals surface area contributed by atoms with Crippen LogP contribution in [0.4, 0.5) is 4.39 Å². The molecule has 3 rings (SSSR count). The van der Waals surface area contributed by atoms with E-state index in [1.54, 1.807) is 37.3 Å². The molecule has 0 aliphatic heterocycles. The third-order valence-corrected chi connectivity index (χ3v) is 5.57. The SMILES string of the molecule is COC[C@](C)(C[C@@H](Cc1ccc(-c2cc(Cl)ccc2F)cc1)NC(=O)c1c[nH]nn1)C(=O)O. The Bertz CT molecular complexity index is 1110. The molecule has 1 heterocycles. The molecule has 1 aromatic heterocycles. The monoisotopic (exact) mass is 474 g/mol. The molecule has 33 heavy (non-hydrogen) atoms. The number of rotatable bonds is 10. The van der Waals surface area contributed by atoms with E-state index in [9.17, 15) is 19.1 Å². The van der Waals surface area contributed by atoms with Crippen molar-refractivity contribution in [3.63, 3.8) is 0 Å². The van der Waals surface area contributed by atoms with Crippen molar-refractivity contribution in [2.45, 2.75) is 25.8 Å². The number of aromatic nitrogens is 3. The van der Waals surface area contributed by atoms with Crippen LogP contribution in [0.15, 0.2) is 48.7 Å². The van der Waals surface area contributed by atoms with Gasteiger partial charge in [-0.1, -0.05) is 41.1 Å². The molecule has 1 amide bonds. The molecule has 0 unspecified atom stereocenters. The van der Waals surface area contributed by atoms with Crippen LogP contribution in [0.3, 0.4) is 0 Å². The van der Waals surface area contributed by atoms with Crippen molar-refractivity contribution in [2.75, 3.05) is 13.7 Å². The van der Waals surface area contributed by atoms with Gasteiger partial charge in [-0.15, -0.1) is 5.10 Å². The second kappa shape index (κ2) is 10.5. The summed E-state index contributed by atoms with van der Waals surface area (Å²) in [5.74, 6) is -1.89. The summed E-state index contributed by atoms with van der Waals surface area (Å²) in [4.78, 5) is 24.5. The van der Waals surface area contributed by atoms with E-state index in [0.29, 0.717) is 22.6 Å². The molecule has 0 bridgehead atoms. The first kappa shape index (κ1) is 24.3. The maximum atomic E-state index is 14.2. The molecule has 0 radical (unpaired) electrons. The van der Waals surface area contributed by atoms with Crippen molar-refractivity contribution in [3.05, 3.63) is 70.8 Å². The summed E-state index contributed by atoms with van der Waals surface area (Å²) >= 11 is 5.99. The molecular formula is C23H24ClFN4O4. The minimum absolute atomic E-state index is 0.0222. The molecule has 0 aliphatic rings. The van der Waals surface area contributed by atoms with Gasteiger partial charge in [0, 0.05) is 23.7 Å². The number of benzene rings is 2. The van der Waals surface area contributed by atoms with Crippen molar-refractivity contribution in [2.24, 2.45) is 5.41 Å². The average Bonchev–Trinajstić information content (AvgIpc) is 3.31. The zero-order valence-electron chi connectivity index (χ0n) is 18.1. The third kappa shape index (κ3) is 6.15. The van der Waals surface area contributed by atoms with E-state index in [1.165, 1.54) is 25.4 Å². The highest BCUT2D eigenvalue weighted by Crippen LogP contribution is 2.28. The number of carboxylic acid groups (broad SMARTS) is 1. The Kier molecular flexibility index (Phi) is 7.78. The first-order chi connectivity index (χ1) is 15.7. The van der Waals surface area contributed by atoms with Gasteiger partial charge < -0.3 is 15.2 Å². The Morgan fingerprint density at radius 1 is 1.27 bits per heavy atom. The highest BCUT2D eigenvalue weighted by Gasteiger charge is 2.36. The normalized spacial score (nSPS) is 13.8. The lowest BCUT2D eigenvalue weighted by molar-refractivity contribution is -0.152. The highest BCUT2D eigenvalue weighted by atomic mass is 35.5. The van der Waals surface area contributed by atoms with Gasteiger partial charge in [-0.3, -0.25) is 14.7 Å². The van der Waals surface area contributed by atoms with Crippen molar-refractivity contribution in [1.82, 2.24) is 20.7 Å². The van der Waals surface area contributed by atoms with Crippen LogP contribution in [0, 0.1) is 11.2 Å². The Morgan fingerprint density at radius 3 is 2.61 bits per heavy atom. The number of halogens is 2. The van der Waals surface area contributed by atoms with Crippen LogP contribution in [0.5, 0.6) is 0 Å². The summed E-state index contributed by atoms with van der Waals surface area (Å²) in [6.45, 7) is 1.55. The smallest absolute Gasteiger partial charge is 0.311 e. The minimum atomic E-state index is -1.22. The fourth-order valence-electron chi connectivity index (χ4n) is 3.64. The zero-order chi connectivity index (χ0) is 24.0. The van der Waals surface area contributed by atoms with E-state index in [2.05, 4.69) is 20.7 Å². The van der Waals surface area contributed by atoms with Crippen LogP contribution < -0.4 is 5.32 Å². The first-order valence-corrected chi connectivity index (χ1v) is 10.5. The van der Waals surface area contributed by atoms with Gasteiger partial charge in [0.15, 0.2) is 5.69 Å². The maximum absolute atomic E-state index is 14.2. The lowest BCUT2D eigenvalue weighted by Crippen LogP contribution is -2.44. The molecule has 0 aliphatic carbocycles. The van der Waals surface area contributed by atoms with Crippen molar-refractivity contribution in [1.29, 1.82) is 0 Å². The maximum Gasteiger partial charge on any atom is 0.311 e. The van der Waals surface area contributed by atoms with Crippen LogP contribution in [-0.2, 0) is 16.0 Å². The molecule has 0 saturated carbocycles. The molecule has 0 saturated heterocycles. The fourth-order valence-corrected chi connectivity index (χ4v) is 3.81. The lowest BCUT2D eigenvalue weighted by Gasteiger charge is -2.29. The van der Waals surface area contributed by atoms with Gasteiger partial charge >= 0.3 is 5.97 Å². The zero-order valence-corrected chi connectivity index (χ0v) is 18.9. The van der Waals surface area contributed by atoms with Gasteiger partial charge in [-0.2, -0.15) is 0 Å². The van der Waals surface area contributed by atoms with Crippen LogP contribution in [-0.4, -0.2) is 52.2 Å². The highest BCUT2D eigenvalue weighted by molar-refractivity contribution is 6.30. The average molecular weight is 475 g/mol. The van der Waals surface area contributed by atoms with E-state index < -0.39 is 23.3 Å². The number of carbonyl (C=O) groups excluding carboxylic acids is 1. The lowest BCUT2D eigenvalue weighted by atomic mass is 9.82. The number of hydrogen-bond donors (Lipinski definition) is 3. The minimum Gasteiger partial charge on any atom is -0.481 e. The first-order valence-electron chi connectivity index (χ1n) is 10.2. The topological polar surface area (TPSA) is 117 Å². The molecule has 0 spiro atoms. The fraction of sp³-hybridized carbons (Fsp3) is 0.304. The molecule has 8 nitrogen and oxygen atoms in total. The van der Waals surface area contributed by atoms with Gasteiger partial charge in [-0.25, -0.2) is 4.39 Å². The van der Waals surface area contributed by atoms with Crippen LogP contribution >= 0.6 is 11.6 Å². The van der Waals surface area contributed by atoms with E-state index in [0.717, 1.165) is 5.56 Å². The predicted molar refractivity (Wildman–Crippen MR) is 120 cm³/mol. The number of aromatic amines is 1. The van der Waals surface area contributed by atoms with Crippen molar-refractivity contribution >= 4 is 23.5 Å². The molecule has 2 atom stereocenters. The van der Waals surface area contributed by atoms with Crippen LogP contribution in [0.1, 0.15) is 29.4 Å². The summed E-state index contributed by atoms with van der Waals surface area (Å²) in [6.07, 6.45) is 1.81. The number of carbonyl (C=O) groups is 2. The molecule has 10 heteroatoms. The van der Waals surface area contributed by atoms with Crippen molar-refractivity contribution < 1.29 is 23.8 Å². The largest absolute Gasteiger partial charge is 0.481 e. The summed E-state index contributed by atoms with van der Waals surface area (Å²) in [7, 11) is 1.43. The summed E-state index contributed by atoms with van der Waals surface area (Å²) in [5, 5.41) is 22.7. The predicted octanol–water partition coefficient (Wildman–Crippen LogP) is 3.73. The Balaban J connectivity index is 1.83. The van der Waals surface area contributed by atoms with Crippen LogP contribution in [0.2, 0.25) is 5.02 Å². The van der Waals surface area contributed by atoms with E-state index >= 15 is 0 Å². The summed E-state index contributed by atoms with van der Waals surface area (Å²) < 4.78 is 19.3. The molecule has 2 aromatic carbocycles. The number of nitrogens with one attached hydrogen (secondary N) is 2. The number of aliphatic carboxylic acids is 1. The van der Waals surface area contributed by atoms with Gasteiger partial charge in [0.1, 0.15) is 5.82 Å². The number of hydrogen-bond acceptors (Lipinski definition) is 5. The quantitative estimate of drug-likeness (QED) is 0.412. The molecular weight excluding hydrogens is 451 g/mol. The molecule has 174 valence electrons. The van der Waals surface area contributed by atoms with E-state index in [-0.39, 0.29) is 24.5 Å². The Labute approximate surface area is 195 Å². The number of amides is 1. The van der Waals surface area contributed by atoms with Gasteiger partial charge in [0.05, 0.1) is 18.2 Å². The second-order valence-electron chi connectivity index (χ2n) is 8.06. The van der Waals surface area contributed by atoms with E-state index in [4.69, 9.17) is 16.3 Å². The number of nitrogens with zero attached hydrogens (tertiary/aromatic N) is 2. The molecule has 3 aromatic rings. The Hall–Kier alpha value is -3.30. The van der Waals surface area contributed by atoms with Crippen molar-refractivity contribution in [3.8, 4) is 11.1 Å². The van der Waals surface area contributed by atoms with E-state index in [1.807, 2.05) is 0 Å². The van der Waals surface area contributed by atoms with Crippen LogP contribution in [0.25, 0.3) is 11.1 Å². The number of H-pyrrole nitrogens is 1. The Morgan fingerprint density at radius 2 is 2.00 bits per heavy atom. The standard InChI is InChI=1S/C23H24ClFN4O4/c1-23(13-33-2,22(31)32)11-17(27-21(30)20-12-26-29-28-20)9-14-3-5-15(6-4-14)18-10-16(24)7-8-19(18)25/h3-8,10,12,17H,9,11,13H2,1-2H3,(H,27,30)(H,31,32)(H,26,28,29)/t17-,23+/m1/s1. The number of carboxylic acids is 1. The molecule has 0 fully saturated rings.